The van der Waals surface area contributed by atoms with Gasteiger partial charge < -0.3 is 14.4 Å². The molecule has 2 aromatic carbocycles. The molecule has 4 heteroatoms. The summed E-state index contributed by atoms with van der Waals surface area (Å²) in [5, 5.41) is 20.8. The molecule has 0 amide bonds. The first-order valence-corrected chi connectivity index (χ1v) is 7.51. The number of phenolic OH excluding ortho intramolecular Hbond substituents is 2. The molecule has 0 spiro atoms. The molecule has 0 unspecified atom stereocenters. The Morgan fingerprint density at radius 2 is 1.50 bits per heavy atom. The van der Waals surface area contributed by atoms with E-state index in [0.29, 0.717) is 11.1 Å². The maximum Gasteiger partial charge on any atom is 0.179 e. The first-order valence-electron chi connectivity index (χ1n) is 7.14. The van der Waals surface area contributed by atoms with Gasteiger partial charge >= 0.3 is 0 Å². The summed E-state index contributed by atoms with van der Waals surface area (Å²) in [5.74, 6) is 0.414. The highest BCUT2D eigenvalue weighted by Gasteiger charge is 2.21. The van der Waals surface area contributed by atoms with E-state index < -0.39 is 0 Å². The lowest BCUT2D eigenvalue weighted by Crippen LogP contribution is -2.11. The Morgan fingerprint density at radius 1 is 0.909 bits per heavy atom. The number of hydrogen-bond acceptors (Lipinski definition) is 4. The minimum Gasteiger partial charge on any atom is -0.507 e. The van der Waals surface area contributed by atoms with Crippen LogP contribution in [0.4, 0.5) is 0 Å². The lowest BCUT2D eigenvalue weighted by Gasteiger charge is -2.22. The molecule has 2 N–H and O–H groups in total. The molecule has 0 heterocycles. The van der Waals surface area contributed by atoms with E-state index in [2.05, 4.69) is 33.7 Å². The molecule has 2 aromatic rings. The molecule has 0 aliphatic rings. The quantitative estimate of drug-likeness (QED) is 0.545. The first kappa shape index (κ1) is 16.6. The van der Waals surface area contributed by atoms with E-state index in [1.54, 1.807) is 6.07 Å². The van der Waals surface area contributed by atoms with Gasteiger partial charge in [-0.25, -0.2) is 0 Å². The van der Waals surface area contributed by atoms with E-state index in [9.17, 15) is 10.2 Å². The van der Waals surface area contributed by atoms with Gasteiger partial charge in [-0.05, 0) is 54.2 Å². The average Bonchev–Trinajstić information content (AvgIpc) is 2.42. The van der Waals surface area contributed by atoms with Gasteiger partial charge in [0.25, 0.3) is 0 Å². The van der Waals surface area contributed by atoms with Gasteiger partial charge in [0.2, 0.25) is 0 Å². The molecule has 22 heavy (non-hydrogen) atoms. The van der Waals surface area contributed by atoms with Crippen LogP contribution < -0.4 is 4.18 Å². The third-order valence-corrected chi connectivity index (χ3v) is 3.97. The molecule has 0 aliphatic heterocycles. The molecule has 0 saturated heterocycles. The predicted octanol–water partition coefficient (Wildman–Crippen LogP) is 4.90. The van der Waals surface area contributed by atoms with E-state index in [0.717, 1.165) is 16.7 Å². The second kappa shape index (κ2) is 5.76. The zero-order valence-electron chi connectivity index (χ0n) is 13.6. The van der Waals surface area contributed by atoms with Crippen molar-refractivity contribution in [1.29, 1.82) is 0 Å². The van der Waals surface area contributed by atoms with Crippen LogP contribution >= 0.6 is 12.9 Å². The van der Waals surface area contributed by atoms with Crippen molar-refractivity contribution in [2.24, 2.45) is 0 Å². The van der Waals surface area contributed by atoms with Gasteiger partial charge in [-0.3, -0.25) is 0 Å². The molecular weight excluding hydrogens is 296 g/mol. The third kappa shape index (κ3) is 3.02. The Kier molecular flexibility index (Phi) is 4.34. The fourth-order valence-electron chi connectivity index (χ4n) is 2.44. The van der Waals surface area contributed by atoms with E-state index >= 15 is 0 Å². The summed E-state index contributed by atoms with van der Waals surface area (Å²) in [6, 6.07) is 7.41. The van der Waals surface area contributed by atoms with Crippen molar-refractivity contribution >= 4 is 12.9 Å². The second-order valence-electron chi connectivity index (χ2n) is 6.69. The van der Waals surface area contributed by atoms with Crippen molar-refractivity contribution in [3.05, 3.63) is 41.0 Å². The smallest absolute Gasteiger partial charge is 0.179 e. The molecule has 0 bridgehead atoms. The van der Waals surface area contributed by atoms with Gasteiger partial charge in [-0.15, -0.1) is 0 Å². The molecule has 0 fully saturated rings. The molecule has 0 aromatic heterocycles. The molecule has 0 saturated carbocycles. The van der Waals surface area contributed by atoms with Gasteiger partial charge in [-0.2, -0.15) is 0 Å². The summed E-state index contributed by atoms with van der Waals surface area (Å²) >= 11 is 3.78. The lowest BCUT2D eigenvalue weighted by atomic mass is 9.83. The molecule has 2 rings (SSSR count). The topological polar surface area (TPSA) is 49.7 Å². The van der Waals surface area contributed by atoms with E-state index in [-0.39, 0.29) is 22.7 Å². The summed E-state index contributed by atoms with van der Waals surface area (Å²) in [6.07, 6.45) is 0. The van der Waals surface area contributed by atoms with Gasteiger partial charge in [0.1, 0.15) is 5.75 Å². The normalized spacial score (nSPS) is 11.5. The zero-order chi connectivity index (χ0) is 16.7. The van der Waals surface area contributed by atoms with Crippen molar-refractivity contribution in [1.82, 2.24) is 0 Å². The Hall–Kier alpha value is -1.81. The molecular formula is C18H22O3S. The molecule has 0 aliphatic carbocycles. The average molecular weight is 318 g/mol. The maximum atomic E-state index is 10.4. The minimum atomic E-state index is -0.0600. The van der Waals surface area contributed by atoms with E-state index in [1.807, 2.05) is 32.0 Å². The number of thiol groups is 1. The highest BCUT2D eigenvalue weighted by atomic mass is 32.1. The van der Waals surface area contributed by atoms with Gasteiger partial charge in [0, 0.05) is 24.0 Å². The Balaban J connectivity index is 2.78. The first-order chi connectivity index (χ1) is 10.1. The SMILES string of the molecule is Cc1cc(OS)c(O)c(-c2cc(C(C)(C)C)cc(C)c2O)c1. The van der Waals surface area contributed by atoms with Crippen LogP contribution in [-0.4, -0.2) is 10.2 Å². The summed E-state index contributed by atoms with van der Waals surface area (Å²) in [5.41, 5.74) is 3.85. The molecule has 0 radical (unpaired) electrons. The van der Waals surface area contributed by atoms with Gasteiger partial charge in [0.05, 0.1) is 0 Å². The second-order valence-corrected chi connectivity index (χ2v) is 6.87. The molecule has 118 valence electrons. The summed E-state index contributed by atoms with van der Waals surface area (Å²) < 4.78 is 4.92. The van der Waals surface area contributed by atoms with Gasteiger partial charge in [-0.1, -0.05) is 26.8 Å². The van der Waals surface area contributed by atoms with Crippen molar-refractivity contribution in [3.63, 3.8) is 0 Å². The van der Waals surface area contributed by atoms with E-state index in [4.69, 9.17) is 4.18 Å². The van der Waals surface area contributed by atoms with Crippen molar-refractivity contribution in [2.75, 3.05) is 0 Å². The van der Waals surface area contributed by atoms with Crippen LogP contribution in [0.3, 0.4) is 0 Å². The van der Waals surface area contributed by atoms with Crippen molar-refractivity contribution in [3.8, 4) is 28.4 Å². The van der Waals surface area contributed by atoms with Gasteiger partial charge in [0.15, 0.2) is 11.5 Å². The number of benzene rings is 2. The molecule has 0 atom stereocenters. The Bertz CT molecular complexity index is 715. The van der Waals surface area contributed by atoms with Crippen LogP contribution in [-0.2, 0) is 5.41 Å². The summed E-state index contributed by atoms with van der Waals surface area (Å²) in [6.45, 7) is 10.1. The van der Waals surface area contributed by atoms with E-state index in [1.165, 1.54) is 0 Å². The fraction of sp³-hybridized carbons (Fsp3) is 0.333. The van der Waals surface area contributed by atoms with Crippen LogP contribution in [0.1, 0.15) is 37.5 Å². The zero-order valence-corrected chi connectivity index (χ0v) is 14.5. The third-order valence-electron chi connectivity index (χ3n) is 3.77. The summed E-state index contributed by atoms with van der Waals surface area (Å²) in [7, 11) is 0. The van der Waals surface area contributed by atoms with Crippen LogP contribution in [0, 0.1) is 13.8 Å². The maximum absolute atomic E-state index is 10.4. The lowest BCUT2D eigenvalue weighted by molar-refractivity contribution is 0.450. The monoisotopic (exact) mass is 318 g/mol. The Labute approximate surface area is 137 Å². The van der Waals surface area contributed by atoms with Crippen LogP contribution in [0.5, 0.6) is 17.2 Å². The number of hydrogen-bond donors (Lipinski definition) is 3. The molecule has 3 nitrogen and oxygen atoms in total. The number of rotatable bonds is 2. The Morgan fingerprint density at radius 3 is 2.05 bits per heavy atom. The largest absolute Gasteiger partial charge is 0.507 e. The number of aryl methyl sites for hydroxylation is 2. The highest BCUT2D eigenvalue weighted by molar-refractivity contribution is 7.75. The standard InChI is InChI=1S/C18H22O3S/c1-10-6-13(17(20)15(7-10)21-22)14-9-12(18(3,4)5)8-11(2)16(14)19/h6-9,19-20,22H,1-5H3. The van der Waals surface area contributed by atoms with Crippen molar-refractivity contribution < 1.29 is 14.4 Å². The van der Waals surface area contributed by atoms with Crippen LogP contribution in [0.25, 0.3) is 11.1 Å². The predicted molar refractivity (Wildman–Crippen MR) is 93.0 cm³/mol. The number of aromatic hydroxyl groups is 2. The number of phenols is 2. The van der Waals surface area contributed by atoms with Crippen LogP contribution in [0.2, 0.25) is 0 Å². The van der Waals surface area contributed by atoms with Crippen molar-refractivity contribution in [2.45, 2.75) is 40.0 Å². The van der Waals surface area contributed by atoms with Crippen LogP contribution in [0.15, 0.2) is 24.3 Å². The fourth-order valence-corrected chi connectivity index (χ4v) is 2.58. The minimum absolute atomic E-state index is 0.0265. The highest BCUT2D eigenvalue weighted by Crippen LogP contribution is 2.44. The summed E-state index contributed by atoms with van der Waals surface area (Å²) in [4.78, 5) is 0.